The Bertz CT molecular complexity index is 915. The number of likely N-dealkylation sites (N-methyl/N-ethyl adjacent to an activating group) is 1. The fourth-order valence-corrected chi connectivity index (χ4v) is 4.27. The van der Waals surface area contributed by atoms with E-state index in [4.69, 9.17) is 4.74 Å². The number of thiophene rings is 1. The quantitative estimate of drug-likeness (QED) is 0.427. The number of ketones is 1. The van der Waals surface area contributed by atoms with E-state index in [9.17, 15) is 9.59 Å². The van der Waals surface area contributed by atoms with Crippen molar-refractivity contribution in [3.63, 3.8) is 0 Å². The Balaban J connectivity index is 1.44. The number of nitrogens with one attached hydrogen (secondary N) is 2. The zero-order chi connectivity index (χ0) is 23.8. The second-order valence-corrected chi connectivity index (χ2v) is 10.2. The summed E-state index contributed by atoms with van der Waals surface area (Å²) >= 11 is 1.43. The Kier molecular flexibility index (Phi) is 8.96. The molecule has 0 unspecified atom stereocenters. The SMILES string of the molecule is CN1CCN(CCNCc2ccc(C(=O)Cc3cscc3NC(=O)OC(C)(C)C)nc2)CC1. The molecule has 2 N–H and O–H groups in total. The standard InChI is InChI=1S/C24H35N5O3S/c1-24(2,3)32-23(31)27-21-17-33-16-19(21)13-22(30)20-6-5-18(15-26-20)14-25-7-8-29-11-9-28(4)10-12-29/h5-6,15-17,25H,7-14H2,1-4H3,(H,27,31). The van der Waals surface area contributed by atoms with Gasteiger partial charge in [0.2, 0.25) is 0 Å². The lowest BCUT2D eigenvalue weighted by Gasteiger charge is -2.32. The number of hydrogen-bond acceptors (Lipinski definition) is 8. The number of pyridine rings is 1. The number of amides is 1. The Morgan fingerprint density at radius 1 is 1.15 bits per heavy atom. The molecule has 3 rings (SSSR count). The summed E-state index contributed by atoms with van der Waals surface area (Å²) in [6.45, 7) is 12.6. The summed E-state index contributed by atoms with van der Waals surface area (Å²) in [5.74, 6) is -0.0878. The number of hydrogen-bond donors (Lipinski definition) is 2. The third kappa shape index (κ3) is 8.51. The van der Waals surface area contributed by atoms with Crippen molar-refractivity contribution in [3.8, 4) is 0 Å². The van der Waals surface area contributed by atoms with Gasteiger partial charge in [-0.15, -0.1) is 11.3 Å². The predicted molar refractivity (Wildman–Crippen MR) is 132 cm³/mol. The van der Waals surface area contributed by atoms with Crippen molar-refractivity contribution >= 4 is 28.9 Å². The molecule has 9 heteroatoms. The first-order chi connectivity index (χ1) is 15.7. The lowest BCUT2D eigenvalue weighted by atomic mass is 10.1. The van der Waals surface area contributed by atoms with E-state index in [2.05, 4.69) is 32.5 Å². The molecule has 180 valence electrons. The number of aromatic nitrogens is 1. The number of carbonyl (C=O) groups is 2. The van der Waals surface area contributed by atoms with Crippen LogP contribution in [0.2, 0.25) is 0 Å². The summed E-state index contributed by atoms with van der Waals surface area (Å²) in [5, 5.41) is 9.85. The Hall–Kier alpha value is -2.33. The summed E-state index contributed by atoms with van der Waals surface area (Å²) in [4.78, 5) is 34.0. The molecule has 0 spiro atoms. The molecule has 0 bridgehead atoms. The van der Waals surface area contributed by atoms with Gasteiger partial charge in [0, 0.05) is 63.8 Å². The highest BCUT2D eigenvalue weighted by molar-refractivity contribution is 7.08. The molecule has 1 amide bonds. The Labute approximate surface area is 200 Å². The number of rotatable bonds is 9. The highest BCUT2D eigenvalue weighted by Gasteiger charge is 2.19. The fraction of sp³-hybridized carbons (Fsp3) is 0.542. The maximum atomic E-state index is 12.7. The molecule has 0 atom stereocenters. The third-order valence-corrected chi connectivity index (χ3v) is 6.16. The molecule has 1 aliphatic heterocycles. The summed E-state index contributed by atoms with van der Waals surface area (Å²) < 4.78 is 5.29. The summed E-state index contributed by atoms with van der Waals surface area (Å²) in [6, 6.07) is 3.71. The number of nitrogens with zero attached hydrogens (tertiary/aromatic N) is 3. The molecule has 2 aromatic heterocycles. The second kappa shape index (κ2) is 11.7. The van der Waals surface area contributed by atoms with Crippen molar-refractivity contribution in [2.45, 2.75) is 39.3 Å². The Morgan fingerprint density at radius 3 is 2.58 bits per heavy atom. The van der Waals surface area contributed by atoms with E-state index in [1.165, 1.54) is 11.3 Å². The second-order valence-electron chi connectivity index (χ2n) is 9.41. The van der Waals surface area contributed by atoms with Gasteiger partial charge in [0.25, 0.3) is 0 Å². The van der Waals surface area contributed by atoms with E-state index >= 15 is 0 Å². The highest BCUT2D eigenvalue weighted by Crippen LogP contribution is 2.23. The molecular formula is C24H35N5O3S. The van der Waals surface area contributed by atoms with Crippen LogP contribution in [0, 0.1) is 0 Å². The first-order valence-electron chi connectivity index (χ1n) is 11.3. The minimum Gasteiger partial charge on any atom is -0.444 e. The van der Waals surface area contributed by atoms with Crippen molar-refractivity contribution in [2.75, 3.05) is 51.6 Å². The number of anilines is 1. The van der Waals surface area contributed by atoms with Crippen LogP contribution in [0.5, 0.6) is 0 Å². The van der Waals surface area contributed by atoms with Crippen LogP contribution in [0.15, 0.2) is 29.1 Å². The normalized spacial score (nSPS) is 15.4. The van der Waals surface area contributed by atoms with Gasteiger partial charge in [0.1, 0.15) is 11.3 Å². The van der Waals surface area contributed by atoms with Crippen LogP contribution >= 0.6 is 11.3 Å². The van der Waals surface area contributed by atoms with E-state index in [1.807, 2.05) is 32.2 Å². The van der Waals surface area contributed by atoms with E-state index in [0.717, 1.165) is 56.9 Å². The van der Waals surface area contributed by atoms with E-state index in [-0.39, 0.29) is 12.2 Å². The number of Topliss-reactive ketones (excluding diaryl/α,β-unsaturated/α-hetero) is 1. The zero-order valence-corrected chi connectivity index (χ0v) is 20.8. The van der Waals surface area contributed by atoms with E-state index in [1.54, 1.807) is 17.6 Å². The van der Waals surface area contributed by atoms with Crippen LogP contribution in [-0.2, 0) is 17.7 Å². The molecule has 1 fully saturated rings. The van der Waals surface area contributed by atoms with Crippen molar-refractivity contribution < 1.29 is 14.3 Å². The topological polar surface area (TPSA) is 86.8 Å². The molecule has 3 heterocycles. The monoisotopic (exact) mass is 473 g/mol. The van der Waals surface area contributed by atoms with Gasteiger partial charge in [0.05, 0.1) is 5.69 Å². The van der Waals surface area contributed by atoms with Crippen LogP contribution in [0.25, 0.3) is 0 Å². The average Bonchev–Trinajstić information content (AvgIpc) is 3.17. The molecule has 1 saturated heterocycles. The van der Waals surface area contributed by atoms with Gasteiger partial charge in [-0.25, -0.2) is 4.79 Å². The fourth-order valence-electron chi connectivity index (χ4n) is 3.48. The zero-order valence-electron chi connectivity index (χ0n) is 20.0. The van der Waals surface area contributed by atoms with Gasteiger partial charge in [-0.05, 0) is 50.4 Å². The minimum atomic E-state index is -0.582. The average molecular weight is 474 g/mol. The molecule has 0 aliphatic carbocycles. The van der Waals surface area contributed by atoms with Crippen molar-refractivity contribution in [1.82, 2.24) is 20.1 Å². The van der Waals surface area contributed by atoms with E-state index in [0.29, 0.717) is 11.4 Å². The predicted octanol–water partition coefficient (Wildman–Crippen LogP) is 3.25. The van der Waals surface area contributed by atoms with Gasteiger partial charge >= 0.3 is 6.09 Å². The molecule has 8 nitrogen and oxygen atoms in total. The first-order valence-corrected chi connectivity index (χ1v) is 12.3. The van der Waals surface area contributed by atoms with Crippen LogP contribution in [0.1, 0.15) is 42.4 Å². The number of piperazine rings is 1. The lowest BCUT2D eigenvalue weighted by Crippen LogP contribution is -2.46. The molecule has 0 aromatic carbocycles. The molecule has 0 radical (unpaired) electrons. The van der Waals surface area contributed by atoms with Gasteiger partial charge in [-0.1, -0.05) is 6.07 Å². The summed E-state index contributed by atoms with van der Waals surface area (Å²) in [5.41, 5.74) is 2.25. The summed E-state index contributed by atoms with van der Waals surface area (Å²) in [6.07, 6.45) is 1.39. The van der Waals surface area contributed by atoms with Crippen molar-refractivity contribution in [2.24, 2.45) is 0 Å². The lowest BCUT2D eigenvalue weighted by molar-refractivity contribution is 0.0635. The summed E-state index contributed by atoms with van der Waals surface area (Å²) in [7, 11) is 2.16. The molecule has 33 heavy (non-hydrogen) atoms. The smallest absolute Gasteiger partial charge is 0.412 e. The van der Waals surface area contributed by atoms with Crippen LogP contribution < -0.4 is 10.6 Å². The maximum absolute atomic E-state index is 12.7. The van der Waals surface area contributed by atoms with E-state index < -0.39 is 11.7 Å². The van der Waals surface area contributed by atoms with Gasteiger partial charge in [-0.2, -0.15) is 0 Å². The minimum absolute atomic E-state index is 0.0878. The Morgan fingerprint density at radius 2 is 1.91 bits per heavy atom. The van der Waals surface area contributed by atoms with Crippen LogP contribution in [0.4, 0.5) is 10.5 Å². The van der Waals surface area contributed by atoms with Gasteiger partial charge < -0.3 is 15.0 Å². The van der Waals surface area contributed by atoms with Crippen LogP contribution in [-0.4, -0.2) is 78.6 Å². The molecule has 1 aliphatic rings. The van der Waals surface area contributed by atoms with Crippen molar-refractivity contribution in [3.05, 3.63) is 45.9 Å². The van der Waals surface area contributed by atoms with Crippen LogP contribution in [0.3, 0.4) is 0 Å². The van der Waals surface area contributed by atoms with Gasteiger partial charge in [-0.3, -0.25) is 20.0 Å². The molecule has 2 aromatic rings. The van der Waals surface area contributed by atoms with Gasteiger partial charge in [0.15, 0.2) is 5.78 Å². The number of carbonyl (C=O) groups excluding carboxylic acids is 2. The molecule has 0 saturated carbocycles. The third-order valence-electron chi connectivity index (χ3n) is 5.37. The largest absolute Gasteiger partial charge is 0.444 e. The number of ether oxygens (including phenoxy) is 1. The highest BCUT2D eigenvalue weighted by atomic mass is 32.1. The first kappa shape index (κ1) is 25.3. The maximum Gasteiger partial charge on any atom is 0.412 e. The molecular weight excluding hydrogens is 438 g/mol. The van der Waals surface area contributed by atoms with Crippen molar-refractivity contribution in [1.29, 1.82) is 0 Å².